The van der Waals surface area contributed by atoms with Crippen molar-refractivity contribution in [3.8, 4) is 0 Å². The van der Waals surface area contributed by atoms with Crippen LogP contribution in [0.4, 0.5) is 4.39 Å². The second kappa shape index (κ2) is 4.83. The van der Waals surface area contributed by atoms with E-state index < -0.39 is 0 Å². The minimum Gasteiger partial charge on any atom is -0.205 e. The van der Waals surface area contributed by atoms with Gasteiger partial charge in [0, 0.05) is 5.38 Å². The lowest BCUT2D eigenvalue weighted by atomic mass is 10.1. The fraction of sp³-hybridized carbons (Fsp3) is 0.400. The maximum Gasteiger partial charge on any atom is 0.141 e. The lowest BCUT2D eigenvalue weighted by Gasteiger charge is -2.06. The van der Waals surface area contributed by atoms with Crippen LogP contribution in [0, 0.1) is 5.82 Å². The van der Waals surface area contributed by atoms with Crippen LogP contribution in [0.25, 0.3) is 0 Å². The Bertz CT molecular complexity index is 286. The molecule has 1 aromatic rings. The molecule has 1 rings (SSSR count). The van der Waals surface area contributed by atoms with E-state index in [-0.39, 0.29) is 16.2 Å². The molecule has 3 heteroatoms. The number of hydrogen-bond donors (Lipinski definition) is 0. The van der Waals surface area contributed by atoms with Crippen molar-refractivity contribution in [2.45, 2.75) is 25.1 Å². The minimum absolute atomic E-state index is 0.0986. The predicted molar refractivity (Wildman–Crippen MR) is 55.0 cm³/mol. The van der Waals surface area contributed by atoms with E-state index in [1.54, 1.807) is 12.1 Å². The third kappa shape index (κ3) is 3.17. The summed E-state index contributed by atoms with van der Waals surface area (Å²) in [4.78, 5) is 0. The molecule has 13 heavy (non-hydrogen) atoms. The van der Waals surface area contributed by atoms with Gasteiger partial charge in [-0.3, -0.25) is 0 Å². The van der Waals surface area contributed by atoms with E-state index in [1.807, 2.05) is 6.92 Å². The second-order valence-electron chi connectivity index (χ2n) is 2.96. The van der Waals surface area contributed by atoms with E-state index in [2.05, 4.69) is 0 Å². The highest BCUT2D eigenvalue weighted by atomic mass is 35.5. The SMILES string of the molecule is CCC(Cl)Cc1ccc(F)c(Cl)c1. The molecule has 0 aliphatic heterocycles. The monoisotopic (exact) mass is 220 g/mol. The van der Waals surface area contributed by atoms with Crippen LogP contribution in [0.2, 0.25) is 5.02 Å². The summed E-state index contributed by atoms with van der Waals surface area (Å²) in [6, 6.07) is 4.71. The zero-order valence-corrected chi connectivity index (χ0v) is 8.87. The Morgan fingerprint density at radius 3 is 2.69 bits per heavy atom. The molecule has 0 saturated heterocycles. The van der Waals surface area contributed by atoms with Crippen molar-refractivity contribution >= 4 is 23.2 Å². The second-order valence-corrected chi connectivity index (χ2v) is 3.98. The van der Waals surface area contributed by atoms with Crippen LogP contribution in [0.3, 0.4) is 0 Å². The summed E-state index contributed by atoms with van der Waals surface area (Å²) >= 11 is 11.6. The molecular weight excluding hydrogens is 210 g/mol. The smallest absolute Gasteiger partial charge is 0.141 e. The van der Waals surface area contributed by atoms with Gasteiger partial charge in [-0.05, 0) is 30.5 Å². The quantitative estimate of drug-likeness (QED) is 0.675. The Kier molecular flexibility index (Phi) is 4.01. The van der Waals surface area contributed by atoms with Gasteiger partial charge in [0.05, 0.1) is 5.02 Å². The molecule has 0 aliphatic carbocycles. The van der Waals surface area contributed by atoms with Crippen molar-refractivity contribution in [2.75, 3.05) is 0 Å². The molecule has 0 radical (unpaired) electrons. The van der Waals surface area contributed by atoms with Crippen LogP contribution in [0.1, 0.15) is 18.9 Å². The van der Waals surface area contributed by atoms with E-state index in [0.29, 0.717) is 0 Å². The van der Waals surface area contributed by atoms with Crippen LogP contribution in [-0.4, -0.2) is 5.38 Å². The standard InChI is InChI=1S/C10H11Cl2F/c1-2-8(11)5-7-3-4-10(13)9(12)6-7/h3-4,6,8H,2,5H2,1H3. The van der Waals surface area contributed by atoms with Crippen molar-refractivity contribution in [1.82, 2.24) is 0 Å². The van der Waals surface area contributed by atoms with Crippen molar-refractivity contribution in [1.29, 1.82) is 0 Å². The third-order valence-electron chi connectivity index (χ3n) is 1.88. The van der Waals surface area contributed by atoms with Gasteiger partial charge in [-0.1, -0.05) is 24.6 Å². The topological polar surface area (TPSA) is 0 Å². The fourth-order valence-corrected chi connectivity index (χ4v) is 1.45. The van der Waals surface area contributed by atoms with Gasteiger partial charge in [-0.15, -0.1) is 11.6 Å². The Labute approximate surface area is 87.7 Å². The third-order valence-corrected chi connectivity index (χ3v) is 2.64. The van der Waals surface area contributed by atoms with Gasteiger partial charge in [0.1, 0.15) is 5.82 Å². The molecule has 1 unspecified atom stereocenters. The minimum atomic E-state index is -0.381. The van der Waals surface area contributed by atoms with Crippen LogP contribution in [-0.2, 0) is 6.42 Å². The molecule has 1 aromatic carbocycles. The summed E-state index contributed by atoms with van der Waals surface area (Å²) in [5.41, 5.74) is 0.980. The molecule has 0 aliphatic rings. The molecule has 0 nitrogen and oxygen atoms in total. The number of halogens is 3. The van der Waals surface area contributed by atoms with E-state index in [1.165, 1.54) is 6.07 Å². The summed E-state index contributed by atoms with van der Waals surface area (Å²) < 4.78 is 12.8. The van der Waals surface area contributed by atoms with Gasteiger partial charge in [-0.25, -0.2) is 4.39 Å². The van der Waals surface area contributed by atoms with Crippen LogP contribution in [0.15, 0.2) is 18.2 Å². The van der Waals surface area contributed by atoms with Crippen LogP contribution < -0.4 is 0 Å². The largest absolute Gasteiger partial charge is 0.205 e. The highest BCUT2D eigenvalue weighted by Crippen LogP contribution is 2.18. The van der Waals surface area contributed by atoms with Gasteiger partial charge in [0.2, 0.25) is 0 Å². The Morgan fingerprint density at radius 2 is 2.15 bits per heavy atom. The first-order chi connectivity index (χ1) is 6.13. The van der Waals surface area contributed by atoms with Gasteiger partial charge < -0.3 is 0 Å². The van der Waals surface area contributed by atoms with Crippen molar-refractivity contribution in [3.05, 3.63) is 34.6 Å². The normalized spacial score (nSPS) is 12.9. The average Bonchev–Trinajstić information content (AvgIpc) is 2.11. The van der Waals surface area contributed by atoms with Gasteiger partial charge in [0.15, 0.2) is 0 Å². The average molecular weight is 221 g/mol. The van der Waals surface area contributed by atoms with Gasteiger partial charge in [-0.2, -0.15) is 0 Å². The Morgan fingerprint density at radius 1 is 1.46 bits per heavy atom. The van der Waals surface area contributed by atoms with Crippen LogP contribution >= 0.6 is 23.2 Å². The molecule has 0 N–H and O–H groups in total. The van der Waals surface area contributed by atoms with Gasteiger partial charge >= 0.3 is 0 Å². The lowest BCUT2D eigenvalue weighted by molar-refractivity contribution is 0.627. The molecule has 0 heterocycles. The summed E-state index contributed by atoms with van der Waals surface area (Å²) in [5.74, 6) is -0.381. The van der Waals surface area contributed by atoms with E-state index >= 15 is 0 Å². The molecule has 0 saturated carbocycles. The van der Waals surface area contributed by atoms with Crippen molar-refractivity contribution < 1.29 is 4.39 Å². The number of benzene rings is 1. The summed E-state index contributed by atoms with van der Waals surface area (Å²) in [6.45, 7) is 2.02. The van der Waals surface area contributed by atoms with E-state index in [4.69, 9.17) is 23.2 Å². The molecule has 0 spiro atoms. The highest BCUT2D eigenvalue weighted by molar-refractivity contribution is 6.30. The number of rotatable bonds is 3. The first-order valence-corrected chi connectivity index (χ1v) is 5.03. The van der Waals surface area contributed by atoms with Crippen molar-refractivity contribution in [2.24, 2.45) is 0 Å². The van der Waals surface area contributed by atoms with E-state index in [9.17, 15) is 4.39 Å². The van der Waals surface area contributed by atoms with E-state index in [0.717, 1.165) is 18.4 Å². The maximum atomic E-state index is 12.8. The fourth-order valence-electron chi connectivity index (χ4n) is 1.07. The first-order valence-electron chi connectivity index (χ1n) is 4.21. The highest BCUT2D eigenvalue weighted by Gasteiger charge is 2.05. The molecule has 0 bridgehead atoms. The number of hydrogen-bond acceptors (Lipinski definition) is 0. The summed E-state index contributed by atoms with van der Waals surface area (Å²) in [7, 11) is 0. The molecule has 0 fully saturated rings. The maximum absolute atomic E-state index is 12.8. The molecule has 72 valence electrons. The first kappa shape index (κ1) is 10.8. The zero-order valence-electron chi connectivity index (χ0n) is 7.36. The van der Waals surface area contributed by atoms with Crippen LogP contribution in [0.5, 0.6) is 0 Å². The number of alkyl halides is 1. The molecule has 1 atom stereocenters. The summed E-state index contributed by atoms with van der Waals surface area (Å²) in [5, 5.41) is 0.263. The molecule has 0 amide bonds. The van der Waals surface area contributed by atoms with Crippen molar-refractivity contribution in [3.63, 3.8) is 0 Å². The lowest BCUT2D eigenvalue weighted by Crippen LogP contribution is -2.01. The molecule has 0 aromatic heterocycles. The Balaban J connectivity index is 2.73. The zero-order chi connectivity index (χ0) is 9.84. The molecular formula is C10H11Cl2F. The Hall–Kier alpha value is -0.270. The summed E-state index contributed by atoms with van der Waals surface area (Å²) in [6.07, 6.45) is 1.63. The predicted octanol–water partition coefficient (Wildman–Crippen LogP) is 4.04. The van der Waals surface area contributed by atoms with Gasteiger partial charge in [0.25, 0.3) is 0 Å².